The quantitative estimate of drug-likeness (QED) is 0.293. The number of carbonyl (C=O) groups is 2. The molecule has 0 spiro atoms. The molecule has 0 heterocycles. The fourth-order valence-corrected chi connectivity index (χ4v) is 0.714. The number of ether oxygens (including phenoxy) is 1. The van der Waals surface area contributed by atoms with Crippen LogP contribution in [-0.2, 0) is 14.3 Å². The molecule has 0 amide bonds. The van der Waals surface area contributed by atoms with Crippen molar-refractivity contribution in [2.24, 2.45) is 0 Å². The summed E-state index contributed by atoms with van der Waals surface area (Å²) in [4.78, 5) is 21.8. The molecule has 0 radical (unpaired) electrons. The first-order valence-electron chi connectivity index (χ1n) is 4.66. The van der Waals surface area contributed by atoms with Crippen molar-refractivity contribution in [2.75, 3.05) is 0 Å². The highest BCUT2D eigenvalue weighted by molar-refractivity contribution is 5.98. The Hall–Kier alpha value is -1.38. The lowest BCUT2D eigenvalue weighted by atomic mass is 10.2. The highest BCUT2D eigenvalue weighted by Gasteiger charge is 2.06. The standard InChI is InChI=1S/C11H16O3/c1-4-5-6-7-8-10(12)14-11(13)9(2)3/h7-8H,2,4-6H2,1,3H3. The third-order valence-electron chi connectivity index (χ3n) is 1.52. The molecule has 3 heteroatoms. The Morgan fingerprint density at radius 2 is 2.07 bits per heavy atom. The number of carbonyl (C=O) groups excluding carboxylic acids is 2. The summed E-state index contributed by atoms with van der Waals surface area (Å²) in [6.07, 6.45) is 5.91. The Morgan fingerprint density at radius 1 is 1.43 bits per heavy atom. The van der Waals surface area contributed by atoms with Crippen molar-refractivity contribution in [1.82, 2.24) is 0 Å². The van der Waals surface area contributed by atoms with E-state index in [1.807, 2.05) is 0 Å². The average Bonchev–Trinajstić information content (AvgIpc) is 2.12. The lowest BCUT2D eigenvalue weighted by molar-refractivity contribution is -0.153. The Morgan fingerprint density at radius 3 is 2.57 bits per heavy atom. The van der Waals surface area contributed by atoms with Gasteiger partial charge in [0.05, 0.1) is 0 Å². The van der Waals surface area contributed by atoms with E-state index in [4.69, 9.17) is 0 Å². The molecule has 0 aliphatic heterocycles. The van der Waals surface area contributed by atoms with E-state index in [1.165, 1.54) is 13.0 Å². The summed E-state index contributed by atoms with van der Waals surface area (Å²) in [5, 5.41) is 0. The highest BCUT2D eigenvalue weighted by Crippen LogP contribution is 1.97. The smallest absolute Gasteiger partial charge is 0.340 e. The van der Waals surface area contributed by atoms with E-state index in [0.29, 0.717) is 0 Å². The Bertz CT molecular complexity index is 251. The second-order valence-electron chi connectivity index (χ2n) is 3.03. The average molecular weight is 196 g/mol. The molecule has 3 nitrogen and oxygen atoms in total. The summed E-state index contributed by atoms with van der Waals surface area (Å²) in [5.74, 6) is -1.30. The van der Waals surface area contributed by atoms with Crippen LogP contribution in [0.3, 0.4) is 0 Å². The van der Waals surface area contributed by atoms with E-state index in [1.54, 1.807) is 6.08 Å². The van der Waals surface area contributed by atoms with E-state index in [9.17, 15) is 9.59 Å². The third-order valence-corrected chi connectivity index (χ3v) is 1.52. The van der Waals surface area contributed by atoms with Crippen LogP contribution in [0.5, 0.6) is 0 Å². The van der Waals surface area contributed by atoms with Crippen LogP contribution >= 0.6 is 0 Å². The van der Waals surface area contributed by atoms with Crippen LogP contribution in [0.1, 0.15) is 33.1 Å². The Labute approximate surface area is 84.4 Å². The van der Waals surface area contributed by atoms with Gasteiger partial charge in [0, 0.05) is 11.6 Å². The second kappa shape index (κ2) is 7.06. The van der Waals surface area contributed by atoms with Gasteiger partial charge in [-0.3, -0.25) is 0 Å². The summed E-state index contributed by atoms with van der Waals surface area (Å²) < 4.78 is 4.43. The van der Waals surface area contributed by atoms with E-state index < -0.39 is 11.9 Å². The third kappa shape index (κ3) is 6.17. The summed E-state index contributed by atoms with van der Waals surface area (Å²) in [6.45, 7) is 6.93. The minimum absolute atomic E-state index is 0.223. The van der Waals surface area contributed by atoms with E-state index >= 15 is 0 Å². The van der Waals surface area contributed by atoms with Gasteiger partial charge in [-0.2, -0.15) is 0 Å². The van der Waals surface area contributed by atoms with Gasteiger partial charge >= 0.3 is 11.9 Å². The molecule has 0 bridgehead atoms. The van der Waals surface area contributed by atoms with Crippen molar-refractivity contribution in [3.8, 4) is 0 Å². The number of rotatable bonds is 5. The first-order valence-corrected chi connectivity index (χ1v) is 4.66. The summed E-state index contributed by atoms with van der Waals surface area (Å²) in [7, 11) is 0. The largest absolute Gasteiger partial charge is 0.386 e. The monoisotopic (exact) mass is 196 g/mol. The molecule has 78 valence electrons. The van der Waals surface area contributed by atoms with Gasteiger partial charge in [-0.05, 0) is 13.3 Å². The van der Waals surface area contributed by atoms with Crippen molar-refractivity contribution >= 4 is 11.9 Å². The second-order valence-corrected chi connectivity index (χ2v) is 3.03. The van der Waals surface area contributed by atoms with Gasteiger partial charge in [-0.15, -0.1) is 0 Å². The van der Waals surface area contributed by atoms with Gasteiger partial charge < -0.3 is 4.74 Å². The molecule has 0 saturated heterocycles. The number of hydrogen-bond acceptors (Lipinski definition) is 3. The summed E-state index contributed by atoms with van der Waals surface area (Å²) >= 11 is 0. The van der Waals surface area contributed by atoms with Gasteiger partial charge in [-0.1, -0.05) is 32.4 Å². The summed E-state index contributed by atoms with van der Waals surface area (Å²) in [5.41, 5.74) is 0.223. The molecular weight excluding hydrogens is 180 g/mol. The van der Waals surface area contributed by atoms with Crippen molar-refractivity contribution in [2.45, 2.75) is 33.1 Å². The molecule has 0 aromatic heterocycles. The predicted octanol–water partition coefficient (Wildman–Crippen LogP) is 2.38. The van der Waals surface area contributed by atoms with Gasteiger partial charge in [0.2, 0.25) is 0 Å². The fourth-order valence-electron chi connectivity index (χ4n) is 0.714. The zero-order chi connectivity index (χ0) is 11.0. The first kappa shape index (κ1) is 12.6. The predicted molar refractivity (Wildman–Crippen MR) is 54.6 cm³/mol. The van der Waals surface area contributed by atoms with E-state index in [-0.39, 0.29) is 5.57 Å². The van der Waals surface area contributed by atoms with Gasteiger partial charge in [0.15, 0.2) is 0 Å². The van der Waals surface area contributed by atoms with Crippen LogP contribution in [0.25, 0.3) is 0 Å². The number of hydrogen-bond donors (Lipinski definition) is 0. The normalized spacial score (nSPS) is 10.1. The summed E-state index contributed by atoms with van der Waals surface area (Å²) in [6, 6.07) is 0. The lowest BCUT2D eigenvalue weighted by Gasteiger charge is -1.97. The number of allylic oxidation sites excluding steroid dienone is 1. The molecule has 0 aromatic rings. The molecule has 0 aromatic carbocycles. The maximum Gasteiger partial charge on any atom is 0.340 e. The zero-order valence-corrected chi connectivity index (χ0v) is 8.71. The Kier molecular flexibility index (Phi) is 6.37. The Balaban J connectivity index is 3.81. The van der Waals surface area contributed by atoms with Gasteiger partial charge in [0.1, 0.15) is 0 Å². The van der Waals surface area contributed by atoms with Gasteiger partial charge in [0.25, 0.3) is 0 Å². The molecular formula is C11H16O3. The van der Waals surface area contributed by atoms with Crippen molar-refractivity contribution in [1.29, 1.82) is 0 Å². The molecule has 0 aliphatic carbocycles. The molecule has 0 N–H and O–H groups in total. The zero-order valence-electron chi connectivity index (χ0n) is 8.71. The highest BCUT2D eigenvalue weighted by atomic mass is 16.6. The van der Waals surface area contributed by atoms with Crippen LogP contribution in [0, 0.1) is 0 Å². The van der Waals surface area contributed by atoms with Crippen molar-refractivity contribution < 1.29 is 14.3 Å². The van der Waals surface area contributed by atoms with Crippen molar-refractivity contribution in [3.05, 3.63) is 24.3 Å². The van der Waals surface area contributed by atoms with Crippen LogP contribution in [-0.4, -0.2) is 11.9 Å². The molecule has 0 unspecified atom stereocenters. The molecule has 0 aliphatic rings. The SMILES string of the molecule is C=C(C)C(=O)OC(=O)C=CCCCC. The van der Waals surface area contributed by atoms with Crippen molar-refractivity contribution in [3.63, 3.8) is 0 Å². The van der Waals surface area contributed by atoms with Crippen LogP contribution in [0.2, 0.25) is 0 Å². The lowest BCUT2D eigenvalue weighted by Crippen LogP contribution is -2.10. The molecule has 0 atom stereocenters. The van der Waals surface area contributed by atoms with E-state index in [0.717, 1.165) is 19.3 Å². The molecule has 14 heavy (non-hydrogen) atoms. The molecule has 0 saturated carbocycles. The first-order chi connectivity index (χ1) is 6.57. The fraction of sp³-hybridized carbons (Fsp3) is 0.455. The minimum atomic E-state index is -0.671. The maximum atomic E-state index is 11.0. The topological polar surface area (TPSA) is 43.4 Å². The number of unbranched alkanes of at least 4 members (excludes halogenated alkanes) is 2. The molecule has 0 rings (SSSR count). The van der Waals surface area contributed by atoms with Crippen LogP contribution in [0.4, 0.5) is 0 Å². The van der Waals surface area contributed by atoms with Crippen LogP contribution in [0.15, 0.2) is 24.3 Å². The number of esters is 2. The van der Waals surface area contributed by atoms with Crippen LogP contribution < -0.4 is 0 Å². The maximum absolute atomic E-state index is 11.0. The molecule has 0 fully saturated rings. The van der Waals surface area contributed by atoms with E-state index in [2.05, 4.69) is 18.2 Å². The minimum Gasteiger partial charge on any atom is -0.386 e. The van der Waals surface area contributed by atoms with Gasteiger partial charge in [-0.25, -0.2) is 9.59 Å².